The lowest BCUT2D eigenvalue weighted by atomic mass is 9.83. The van der Waals surface area contributed by atoms with Crippen LogP contribution in [0.15, 0.2) is 18.2 Å². The Hall–Kier alpha value is -1.22. The molecule has 1 fully saturated rings. The first-order valence-electron chi connectivity index (χ1n) is 6.00. The first-order valence-corrected chi connectivity index (χ1v) is 6.00. The van der Waals surface area contributed by atoms with Crippen LogP contribution in [0, 0.1) is 5.92 Å². The molecular weight excluding hydrogens is 200 g/mol. The summed E-state index contributed by atoms with van der Waals surface area (Å²) in [6.45, 7) is 0. The molecule has 3 N–H and O–H groups in total. The van der Waals surface area contributed by atoms with Crippen molar-refractivity contribution in [2.24, 2.45) is 11.7 Å². The number of benzene rings is 1. The number of hydrogen-bond donors (Lipinski definition) is 2. The van der Waals surface area contributed by atoms with Crippen molar-refractivity contribution in [1.29, 1.82) is 0 Å². The standard InChI is InChI=1S/C13H18N2O/c1-15-10-6-2-4-8(10)12(14)9-5-3-7-11(16)13(9)15/h3,5,7-8,10,12,16H,2,4,6,14H2,1H3. The average Bonchev–Trinajstić information content (AvgIpc) is 2.75. The van der Waals surface area contributed by atoms with Crippen LogP contribution < -0.4 is 10.6 Å². The minimum atomic E-state index is 0.0887. The Morgan fingerprint density at radius 3 is 3.00 bits per heavy atom. The Morgan fingerprint density at radius 1 is 1.38 bits per heavy atom. The summed E-state index contributed by atoms with van der Waals surface area (Å²) in [6.07, 6.45) is 3.66. The molecule has 0 radical (unpaired) electrons. The fraction of sp³-hybridized carbons (Fsp3) is 0.538. The first kappa shape index (κ1) is 9.97. The molecule has 3 heteroatoms. The van der Waals surface area contributed by atoms with E-state index < -0.39 is 0 Å². The Kier molecular flexibility index (Phi) is 2.11. The van der Waals surface area contributed by atoms with E-state index in [0.29, 0.717) is 17.7 Å². The van der Waals surface area contributed by atoms with Gasteiger partial charge in [0, 0.05) is 19.1 Å². The summed E-state index contributed by atoms with van der Waals surface area (Å²) < 4.78 is 0. The second kappa shape index (κ2) is 3.39. The molecule has 0 amide bonds. The van der Waals surface area contributed by atoms with E-state index in [4.69, 9.17) is 5.73 Å². The van der Waals surface area contributed by atoms with E-state index in [2.05, 4.69) is 11.9 Å². The summed E-state index contributed by atoms with van der Waals surface area (Å²) in [5.74, 6) is 0.917. The molecule has 1 aromatic rings. The fourth-order valence-corrected chi connectivity index (χ4v) is 3.47. The second-order valence-corrected chi connectivity index (χ2v) is 5.01. The molecule has 1 aliphatic carbocycles. The van der Waals surface area contributed by atoms with Gasteiger partial charge in [0.25, 0.3) is 0 Å². The highest BCUT2D eigenvalue weighted by atomic mass is 16.3. The SMILES string of the molecule is CN1c2c(O)cccc2C(N)C2CCCC21. The van der Waals surface area contributed by atoms with Crippen LogP contribution in [0.25, 0.3) is 0 Å². The van der Waals surface area contributed by atoms with Gasteiger partial charge in [-0.1, -0.05) is 18.6 Å². The van der Waals surface area contributed by atoms with Crippen LogP contribution in [0.2, 0.25) is 0 Å². The Morgan fingerprint density at radius 2 is 2.19 bits per heavy atom. The average molecular weight is 218 g/mol. The second-order valence-electron chi connectivity index (χ2n) is 5.01. The molecule has 3 atom stereocenters. The smallest absolute Gasteiger partial charge is 0.139 e. The van der Waals surface area contributed by atoms with Crippen molar-refractivity contribution in [3.05, 3.63) is 23.8 Å². The minimum absolute atomic E-state index is 0.0887. The Labute approximate surface area is 95.9 Å². The lowest BCUT2D eigenvalue weighted by molar-refractivity contribution is 0.363. The molecule has 1 aromatic carbocycles. The lowest BCUT2D eigenvalue weighted by Gasteiger charge is -2.41. The largest absolute Gasteiger partial charge is 0.506 e. The number of nitrogens with two attached hydrogens (primary N) is 1. The zero-order valence-corrected chi connectivity index (χ0v) is 9.56. The molecule has 1 heterocycles. The predicted molar refractivity (Wildman–Crippen MR) is 64.6 cm³/mol. The van der Waals surface area contributed by atoms with Gasteiger partial charge in [-0.25, -0.2) is 0 Å². The number of fused-ring (bicyclic) bond motifs is 2. The van der Waals surface area contributed by atoms with Gasteiger partial charge in [0.1, 0.15) is 5.75 Å². The third kappa shape index (κ3) is 1.18. The van der Waals surface area contributed by atoms with Crippen molar-refractivity contribution in [2.45, 2.75) is 31.3 Å². The highest BCUT2D eigenvalue weighted by Crippen LogP contribution is 2.48. The number of hydrogen-bond acceptors (Lipinski definition) is 3. The van der Waals surface area contributed by atoms with Gasteiger partial charge in [0.2, 0.25) is 0 Å². The summed E-state index contributed by atoms with van der Waals surface area (Å²) >= 11 is 0. The van der Waals surface area contributed by atoms with Gasteiger partial charge in [-0.05, 0) is 30.4 Å². The van der Waals surface area contributed by atoms with Gasteiger partial charge in [-0.15, -0.1) is 0 Å². The molecule has 1 saturated carbocycles. The van der Waals surface area contributed by atoms with Crippen LogP contribution in [0.1, 0.15) is 30.9 Å². The van der Waals surface area contributed by atoms with E-state index in [-0.39, 0.29) is 6.04 Å². The van der Waals surface area contributed by atoms with E-state index in [1.54, 1.807) is 6.07 Å². The normalized spacial score (nSPS) is 32.4. The number of para-hydroxylation sites is 1. The quantitative estimate of drug-likeness (QED) is 0.700. The van der Waals surface area contributed by atoms with Crippen molar-refractivity contribution < 1.29 is 5.11 Å². The topological polar surface area (TPSA) is 49.5 Å². The van der Waals surface area contributed by atoms with E-state index in [9.17, 15) is 5.11 Å². The maximum Gasteiger partial charge on any atom is 0.139 e. The number of nitrogens with zero attached hydrogens (tertiary/aromatic N) is 1. The number of anilines is 1. The number of phenolic OH excluding ortho intramolecular Hbond substituents is 1. The van der Waals surface area contributed by atoms with Crippen molar-refractivity contribution >= 4 is 5.69 Å². The van der Waals surface area contributed by atoms with Gasteiger partial charge in [0.15, 0.2) is 0 Å². The first-order chi connectivity index (χ1) is 7.70. The zero-order valence-electron chi connectivity index (χ0n) is 9.56. The van der Waals surface area contributed by atoms with Crippen LogP contribution in [0.4, 0.5) is 5.69 Å². The van der Waals surface area contributed by atoms with Crippen molar-refractivity contribution in [3.8, 4) is 5.75 Å². The van der Waals surface area contributed by atoms with Gasteiger partial charge < -0.3 is 15.7 Å². The molecule has 2 aliphatic rings. The summed E-state index contributed by atoms with van der Waals surface area (Å²) in [4.78, 5) is 2.23. The third-order valence-electron chi connectivity index (χ3n) is 4.25. The van der Waals surface area contributed by atoms with Crippen LogP contribution in [-0.2, 0) is 0 Å². The van der Waals surface area contributed by atoms with Crippen molar-refractivity contribution in [1.82, 2.24) is 0 Å². The molecule has 0 bridgehead atoms. The molecule has 0 spiro atoms. The van der Waals surface area contributed by atoms with Gasteiger partial charge in [-0.2, -0.15) is 0 Å². The number of phenols is 1. The monoisotopic (exact) mass is 218 g/mol. The van der Waals surface area contributed by atoms with E-state index in [1.165, 1.54) is 19.3 Å². The van der Waals surface area contributed by atoms with E-state index in [1.807, 2.05) is 12.1 Å². The van der Waals surface area contributed by atoms with Gasteiger partial charge in [0.05, 0.1) is 5.69 Å². The molecule has 16 heavy (non-hydrogen) atoms. The summed E-state index contributed by atoms with van der Waals surface area (Å²) in [6, 6.07) is 6.28. The third-order valence-corrected chi connectivity index (χ3v) is 4.25. The maximum absolute atomic E-state index is 9.97. The molecular formula is C13H18N2O. The molecule has 3 rings (SSSR count). The zero-order chi connectivity index (χ0) is 11.3. The van der Waals surface area contributed by atoms with E-state index in [0.717, 1.165) is 11.3 Å². The number of aromatic hydroxyl groups is 1. The predicted octanol–water partition coefficient (Wildman–Crippen LogP) is 2.01. The summed E-state index contributed by atoms with van der Waals surface area (Å²) in [7, 11) is 2.08. The van der Waals surface area contributed by atoms with Crippen LogP contribution >= 0.6 is 0 Å². The van der Waals surface area contributed by atoms with Crippen molar-refractivity contribution in [3.63, 3.8) is 0 Å². The van der Waals surface area contributed by atoms with E-state index >= 15 is 0 Å². The van der Waals surface area contributed by atoms with Crippen LogP contribution in [0.3, 0.4) is 0 Å². The molecule has 0 saturated heterocycles. The molecule has 3 unspecified atom stereocenters. The van der Waals surface area contributed by atoms with Crippen LogP contribution in [-0.4, -0.2) is 18.2 Å². The summed E-state index contributed by atoms with van der Waals surface area (Å²) in [5.41, 5.74) is 8.37. The lowest BCUT2D eigenvalue weighted by Crippen LogP contribution is -2.44. The van der Waals surface area contributed by atoms with Gasteiger partial charge in [-0.3, -0.25) is 0 Å². The maximum atomic E-state index is 9.97. The van der Waals surface area contributed by atoms with Gasteiger partial charge >= 0.3 is 0 Å². The highest BCUT2D eigenvalue weighted by molar-refractivity contribution is 5.66. The molecule has 86 valence electrons. The molecule has 1 aliphatic heterocycles. The molecule has 3 nitrogen and oxygen atoms in total. The van der Waals surface area contributed by atoms with Crippen LogP contribution in [0.5, 0.6) is 5.75 Å². The highest BCUT2D eigenvalue weighted by Gasteiger charge is 2.41. The van der Waals surface area contributed by atoms with Crippen molar-refractivity contribution in [2.75, 3.05) is 11.9 Å². The molecule has 0 aromatic heterocycles. The fourth-order valence-electron chi connectivity index (χ4n) is 3.47. The summed E-state index contributed by atoms with van der Waals surface area (Å²) in [5, 5.41) is 9.97. The Balaban J connectivity index is 2.15. The Bertz CT molecular complexity index is 418. The minimum Gasteiger partial charge on any atom is -0.506 e. The number of rotatable bonds is 0.